The van der Waals surface area contributed by atoms with Gasteiger partial charge < -0.3 is 4.74 Å². The quantitative estimate of drug-likeness (QED) is 0.564. The molecule has 0 aromatic heterocycles. The summed E-state index contributed by atoms with van der Waals surface area (Å²) in [6.07, 6.45) is 9.36. The Bertz CT molecular complexity index is 610. The Labute approximate surface area is 139 Å². The minimum atomic E-state index is -0.338. The SMILES string of the molecule is CCCCCCC#CC1C=Cc2ccccc2N1C(=O)OCC. The highest BCUT2D eigenvalue weighted by Gasteiger charge is 2.27. The number of ether oxygens (including phenoxy) is 1. The monoisotopic (exact) mass is 311 g/mol. The van der Waals surface area contributed by atoms with Crippen molar-refractivity contribution in [3.8, 4) is 11.8 Å². The van der Waals surface area contributed by atoms with Gasteiger partial charge in [-0.2, -0.15) is 0 Å². The Morgan fingerprint density at radius 2 is 2.04 bits per heavy atom. The molecule has 2 rings (SSSR count). The molecule has 1 aliphatic heterocycles. The van der Waals surface area contributed by atoms with Crippen LogP contribution in [0.15, 0.2) is 30.3 Å². The molecule has 1 aliphatic rings. The number of rotatable bonds is 5. The molecule has 3 heteroatoms. The molecule has 1 heterocycles. The van der Waals surface area contributed by atoms with Crippen LogP contribution >= 0.6 is 0 Å². The first-order chi connectivity index (χ1) is 11.3. The lowest BCUT2D eigenvalue weighted by Crippen LogP contribution is -2.40. The molecule has 0 saturated heterocycles. The number of hydrogen-bond donors (Lipinski definition) is 0. The summed E-state index contributed by atoms with van der Waals surface area (Å²) in [5.41, 5.74) is 1.88. The molecule has 0 spiro atoms. The van der Waals surface area contributed by atoms with Crippen molar-refractivity contribution in [1.29, 1.82) is 0 Å². The summed E-state index contributed by atoms with van der Waals surface area (Å²) in [5.74, 6) is 6.44. The Morgan fingerprint density at radius 3 is 2.83 bits per heavy atom. The van der Waals surface area contributed by atoms with Crippen LogP contribution in [0.4, 0.5) is 10.5 Å². The number of carbonyl (C=O) groups is 1. The summed E-state index contributed by atoms with van der Waals surface area (Å²) in [6.45, 7) is 4.38. The summed E-state index contributed by atoms with van der Waals surface area (Å²) < 4.78 is 5.21. The van der Waals surface area contributed by atoms with Crippen LogP contribution in [0.25, 0.3) is 6.08 Å². The number of unbranched alkanes of at least 4 members (excludes halogenated alkanes) is 4. The lowest BCUT2D eigenvalue weighted by Gasteiger charge is -2.30. The minimum Gasteiger partial charge on any atom is -0.449 e. The summed E-state index contributed by atoms with van der Waals surface area (Å²) in [5, 5.41) is 0. The van der Waals surface area contributed by atoms with Gasteiger partial charge in [0, 0.05) is 6.42 Å². The summed E-state index contributed by atoms with van der Waals surface area (Å²) in [4.78, 5) is 14.0. The van der Waals surface area contributed by atoms with E-state index in [4.69, 9.17) is 4.74 Å². The van der Waals surface area contributed by atoms with E-state index in [9.17, 15) is 4.79 Å². The molecule has 0 radical (unpaired) electrons. The topological polar surface area (TPSA) is 29.5 Å². The summed E-state index contributed by atoms with van der Waals surface area (Å²) in [6, 6.07) is 7.57. The Balaban J connectivity index is 2.12. The van der Waals surface area contributed by atoms with Crippen LogP contribution < -0.4 is 4.90 Å². The van der Waals surface area contributed by atoms with E-state index in [-0.39, 0.29) is 12.1 Å². The van der Waals surface area contributed by atoms with E-state index in [2.05, 4.69) is 18.8 Å². The Hall–Kier alpha value is -2.21. The van der Waals surface area contributed by atoms with Crippen molar-refractivity contribution in [2.45, 2.75) is 52.0 Å². The van der Waals surface area contributed by atoms with Gasteiger partial charge in [0.2, 0.25) is 0 Å². The maximum atomic E-state index is 12.3. The second-order valence-electron chi connectivity index (χ2n) is 5.56. The fraction of sp³-hybridized carbons (Fsp3) is 0.450. The van der Waals surface area contributed by atoms with Crippen LogP contribution in [0.2, 0.25) is 0 Å². The standard InChI is InChI=1S/C20H25NO2/c1-3-5-6-7-8-9-13-18-16-15-17-12-10-11-14-19(17)21(18)20(22)23-4-2/h10-12,14-16,18H,3-8H2,1-2H3. The Morgan fingerprint density at radius 1 is 1.22 bits per heavy atom. The molecule has 0 aliphatic carbocycles. The Kier molecular flexibility index (Phi) is 6.75. The van der Waals surface area contributed by atoms with E-state index in [0.717, 1.165) is 24.1 Å². The first-order valence-corrected chi connectivity index (χ1v) is 8.49. The zero-order chi connectivity index (χ0) is 16.5. The van der Waals surface area contributed by atoms with Crippen LogP contribution in [0.1, 0.15) is 51.5 Å². The molecule has 0 bridgehead atoms. The number of hydrogen-bond acceptors (Lipinski definition) is 2. The van der Waals surface area contributed by atoms with E-state index in [1.807, 2.05) is 43.3 Å². The summed E-state index contributed by atoms with van der Waals surface area (Å²) >= 11 is 0. The third kappa shape index (κ3) is 4.63. The third-order valence-corrected chi connectivity index (χ3v) is 3.80. The van der Waals surface area contributed by atoms with E-state index in [1.54, 1.807) is 4.90 Å². The lowest BCUT2D eigenvalue weighted by atomic mass is 10.0. The number of benzene rings is 1. The van der Waals surface area contributed by atoms with Gasteiger partial charge in [-0.3, -0.25) is 4.90 Å². The third-order valence-electron chi connectivity index (χ3n) is 3.80. The average molecular weight is 311 g/mol. The van der Waals surface area contributed by atoms with Gasteiger partial charge in [0.1, 0.15) is 6.04 Å². The zero-order valence-corrected chi connectivity index (χ0v) is 14.0. The van der Waals surface area contributed by atoms with Crippen LogP contribution in [0.3, 0.4) is 0 Å². The van der Waals surface area contributed by atoms with Crippen LogP contribution in [-0.4, -0.2) is 18.7 Å². The molecule has 1 aromatic rings. The van der Waals surface area contributed by atoms with Crippen LogP contribution in [0, 0.1) is 11.8 Å². The van der Waals surface area contributed by atoms with Crippen LogP contribution in [0.5, 0.6) is 0 Å². The van der Waals surface area contributed by atoms with E-state index >= 15 is 0 Å². The highest BCUT2D eigenvalue weighted by Crippen LogP contribution is 2.29. The second kappa shape index (κ2) is 9.05. The molecule has 122 valence electrons. The fourth-order valence-corrected chi connectivity index (χ4v) is 2.61. The first kappa shape index (κ1) is 17.1. The first-order valence-electron chi connectivity index (χ1n) is 8.49. The highest BCUT2D eigenvalue weighted by molar-refractivity contribution is 5.94. The van der Waals surface area contributed by atoms with Crippen molar-refractivity contribution in [3.63, 3.8) is 0 Å². The number of anilines is 1. The predicted molar refractivity (Wildman–Crippen MR) is 95.3 cm³/mol. The zero-order valence-electron chi connectivity index (χ0n) is 14.0. The van der Waals surface area contributed by atoms with Crippen LogP contribution in [-0.2, 0) is 4.74 Å². The molecular weight excluding hydrogens is 286 g/mol. The van der Waals surface area contributed by atoms with E-state index in [1.165, 1.54) is 19.3 Å². The van der Waals surface area contributed by atoms with Crippen molar-refractivity contribution in [1.82, 2.24) is 0 Å². The molecule has 0 N–H and O–H groups in total. The van der Waals surface area contributed by atoms with Crippen molar-refractivity contribution in [2.75, 3.05) is 11.5 Å². The number of nitrogens with zero attached hydrogens (tertiary/aromatic N) is 1. The largest absolute Gasteiger partial charge is 0.449 e. The number of carbonyl (C=O) groups excluding carboxylic acids is 1. The lowest BCUT2D eigenvalue weighted by molar-refractivity contribution is 0.159. The molecule has 3 nitrogen and oxygen atoms in total. The molecule has 0 fully saturated rings. The normalized spacial score (nSPS) is 15.6. The molecule has 1 unspecified atom stereocenters. The van der Waals surface area contributed by atoms with Crippen molar-refractivity contribution < 1.29 is 9.53 Å². The molecule has 23 heavy (non-hydrogen) atoms. The van der Waals surface area contributed by atoms with Crippen molar-refractivity contribution in [3.05, 3.63) is 35.9 Å². The van der Waals surface area contributed by atoms with Gasteiger partial charge in [0.25, 0.3) is 0 Å². The molecule has 1 aromatic carbocycles. The number of amides is 1. The van der Waals surface area contributed by atoms with E-state index < -0.39 is 0 Å². The van der Waals surface area contributed by atoms with Gasteiger partial charge in [-0.25, -0.2) is 4.79 Å². The average Bonchev–Trinajstić information content (AvgIpc) is 2.57. The van der Waals surface area contributed by atoms with Crippen molar-refractivity contribution >= 4 is 17.9 Å². The van der Waals surface area contributed by atoms with Gasteiger partial charge in [0.15, 0.2) is 0 Å². The van der Waals surface area contributed by atoms with E-state index in [0.29, 0.717) is 6.61 Å². The molecule has 0 saturated carbocycles. The predicted octanol–water partition coefficient (Wildman–Crippen LogP) is 5.02. The van der Waals surface area contributed by atoms with Gasteiger partial charge in [0.05, 0.1) is 12.3 Å². The number of para-hydroxylation sites is 1. The number of fused-ring (bicyclic) bond motifs is 1. The van der Waals surface area contributed by atoms with Gasteiger partial charge in [-0.1, -0.05) is 56.4 Å². The maximum absolute atomic E-state index is 12.3. The molecule has 1 atom stereocenters. The summed E-state index contributed by atoms with van der Waals surface area (Å²) in [7, 11) is 0. The highest BCUT2D eigenvalue weighted by atomic mass is 16.6. The fourth-order valence-electron chi connectivity index (χ4n) is 2.61. The second-order valence-corrected chi connectivity index (χ2v) is 5.56. The smallest absolute Gasteiger partial charge is 0.415 e. The van der Waals surface area contributed by atoms with Gasteiger partial charge in [-0.15, -0.1) is 5.92 Å². The molecular formula is C20H25NO2. The maximum Gasteiger partial charge on any atom is 0.415 e. The van der Waals surface area contributed by atoms with Gasteiger partial charge >= 0.3 is 6.09 Å². The molecule has 1 amide bonds. The van der Waals surface area contributed by atoms with Gasteiger partial charge in [-0.05, 0) is 31.1 Å². The minimum absolute atomic E-state index is 0.255. The van der Waals surface area contributed by atoms with Crippen molar-refractivity contribution in [2.24, 2.45) is 0 Å².